The Labute approximate surface area is 261 Å². The molecule has 0 spiro atoms. The first kappa shape index (κ1) is 33.0. The minimum absolute atomic E-state index is 0.0120. The molecule has 0 aliphatic carbocycles. The van der Waals surface area contributed by atoms with Crippen LogP contribution in [0.1, 0.15) is 50.0 Å². The van der Waals surface area contributed by atoms with Crippen molar-refractivity contribution in [2.45, 2.75) is 64.6 Å². The van der Waals surface area contributed by atoms with Crippen LogP contribution in [0.3, 0.4) is 0 Å². The summed E-state index contributed by atoms with van der Waals surface area (Å²) in [5, 5.41) is 7.25. The van der Waals surface area contributed by atoms with Gasteiger partial charge in [0.15, 0.2) is 8.32 Å². The van der Waals surface area contributed by atoms with Gasteiger partial charge in [-0.2, -0.15) is 0 Å². The van der Waals surface area contributed by atoms with Crippen molar-refractivity contribution < 1.29 is 18.7 Å². The van der Waals surface area contributed by atoms with E-state index in [1.165, 1.54) is 0 Å². The lowest BCUT2D eigenvalue weighted by molar-refractivity contribution is 0.139. The largest absolute Gasteiger partial charge is 0.487 e. The number of hydrogen-bond acceptors (Lipinski definition) is 6. The number of hydrogen-bond donors (Lipinski definition) is 3. The van der Waals surface area contributed by atoms with Gasteiger partial charge in [-0.25, -0.2) is 4.79 Å². The van der Waals surface area contributed by atoms with Crippen LogP contribution in [0.4, 0.5) is 4.79 Å². The first-order valence-electron chi connectivity index (χ1n) is 15.2. The molecule has 0 saturated carbocycles. The third-order valence-corrected chi connectivity index (χ3v) is 12.5. The lowest BCUT2D eigenvalue weighted by Crippen LogP contribution is -2.43. The van der Waals surface area contributed by atoms with Gasteiger partial charge in [0.2, 0.25) is 5.56 Å². The van der Waals surface area contributed by atoms with Crippen LogP contribution in [0.2, 0.25) is 18.1 Å². The predicted molar refractivity (Wildman–Crippen MR) is 178 cm³/mol. The Kier molecular flexibility index (Phi) is 11.4. The lowest BCUT2D eigenvalue weighted by atomic mass is 10.0. The number of carbonyl (C=O) groups is 1. The van der Waals surface area contributed by atoms with Gasteiger partial charge >= 0.3 is 6.09 Å². The summed E-state index contributed by atoms with van der Waals surface area (Å²) in [6, 6.07) is 26.9. The monoisotopic (exact) mass is 615 g/mol. The zero-order valence-corrected chi connectivity index (χ0v) is 27.4. The number of ether oxygens (including phenoxy) is 2. The zero-order valence-electron chi connectivity index (χ0n) is 26.4. The van der Waals surface area contributed by atoms with Crippen molar-refractivity contribution >= 4 is 25.3 Å². The van der Waals surface area contributed by atoms with Crippen LogP contribution in [-0.2, 0) is 22.4 Å². The van der Waals surface area contributed by atoms with Gasteiger partial charge in [-0.15, -0.1) is 0 Å². The minimum atomic E-state index is -2.17. The van der Waals surface area contributed by atoms with E-state index in [1.54, 1.807) is 6.07 Å². The number of amides is 1. The average Bonchev–Trinajstić information content (AvgIpc) is 3.00. The van der Waals surface area contributed by atoms with E-state index in [4.69, 9.17) is 13.9 Å². The molecule has 1 atom stereocenters. The Hall–Kier alpha value is -3.92. The number of benzene rings is 3. The molecule has 1 heterocycles. The van der Waals surface area contributed by atoms with Crippen molar-refractivity contribution in [1.29, 1.82) is 0 Å². The van der Waals surface area contributed by atoms with Gasteiger partial charge in [0.1, 0.15) is 19.0 Å². The Balaban J connectivity index is 1.43. The van der Waals surface area contributed by atoms with E-state index in [-0.39, 0.29) is 23.3 Å². The molecule has 0 unspecified atom stereocenters. The van der Waals surface area contributed by atoms with Crippen LogP contribution in [0.5, 0.6) is 5.75 Å². The summed E-state index contributed by atoms with van der Waals surface area (Å²) in [6.45, 7) is 13.5. The van der Waals surface area contributed by atoms with Crippen LogP contribution < -0.4 is 20.9 Å². The summed E-state index contributed by atoms with van der Waals surface area (Å²) < 4.78 is 18.4. The molecule has 0 aliphatic heterocycles. The summed E-state index contributed by atoms with van der Waals surface area (Å²) in [7, 11) is -2.17. The molecule has 0 radical (unpaired) electrons. The fourth-order valence-corrected chi connectivity index (χ4v) is 5.82. The maximum atomic E-state index is 12.4. The number of carbonyl (C=O) groups excluding carboxylic acids is 1. The van der Waals surface area contributed by atoms with Crippen LogP contribution in [0.15, 0.2) is 89.7 Å². The topological polar surface area (TPSA) is 102 Å². The third kappa shape index (κ3) is 9.29. The second-order valence-corrected chi connectivity index (χ2v) is 17.2. The quantitative estimate of drug-likeness (QED) is 0.104. The SMILES string of the molecule is CC(C)(C)[Si](C)(C)O[C@@H](CNCCCNC(=O)OCc1ccccc1)c1ccc(OCc2ccccc2)c2[nH]c(=O)ccc12. The Morgan fingerprint density at radius 1 is 0.864 bits per heavy atom. The van der Waals surface area contributed by atoms with E-state index in [1.807, 2.05) is 78.9 Å². The van der Waals surface area contributed by atoms with E-state index in [0.29, 0.717) is 37.5 Å². The first-order valence-corrected chi connectivity index (χ1v) is 18.1. The molecule has 3 N–H and O–H groups in total. The van der Waals surface area contributed by atoms with Crippen LogP contribution in [0.25, 0.3) is 10.9 Å². The molecule has 0 aliphatic rings. The highest BCUT2D eigenvalue weighted by Gasteiger charge is 2.39. The maximum absolute atomic E-state index is 12.4. The average molecular weight is 616 g/mol. The molecule has 4 rings (SSSR count). The second-order valence-electron chi connectivity index (χ2n) is 12.5. The summed E-state index contributed by atoms with van der Waals surface area (Å²) >= 11 is 0. The second kappa shape index (κ2) is 15.2. The standard InChI is InChI=1S/C35H45N3O5Si/c1-35(2,3)44(4,5)43-31(23-36-21-12-22-37-34(40)42-25-27-15-10-7-11-16-27)28-17-19-30(33-29(28)18-20-32(39)38-33)41-24-26-13-8-6-9-14-26/h6-11,13-20,31,36H,12,21-25H2,1-5H3,(H,37,40)(H,38,39)/t31-/m0/s1. The highest BCUT2D eigenvalue weighted by atomic mass is 28.4. The van der Waals surface area contributed by atoms with Crippen molar-refractivity contribution in [3.63, 3.8) is 0 Å². The van der Waals surface area contributed by atoms with Crippen LogP contribution in [0, 0.1) is 0 Å². The van der Waals surface area contributed by atoms with Gasteiger partial charge in [-0.3, -0.25) is 4.79 Å². The number of aromatic nitrogens is 1. The van der Waals surface area contributed by atoms with Crippen molar-refractivity contribution in [2.24, 2.45) is 0 Å². The minimum Gasteiger partial charge on any atom is -0.487 e. The Morgan fingerprint density at radius 2 is 1.52 bits per heavy atom. The van der Waals surface area contributed by atoms with E-state index in [0.717, 1.165) is 28.5 Å². The number of H-pyrrole nitrogens is 1. The van der Waals surface area contributed by atoms with Gasteiger partial charge in [0.05, 0.1) is 11.6 Å². The lowest BCUT2D eigenvalue weighted by Gasteiger charge is -2.39. The van der Waals surface area contributed by atoms with Crippen LogP contribution in [-0.4, -0.2) is 39.0 Å². The number of alkyl carbamates (subject to hydrolysis) is 1. The predicted octanol–water partition coefficient (Wildman–Crippen LogP) is 7.08. The van der Waals surface area contributed by atoms with Gasteiger partial charge in [0.25, 0.3) is 0 Å². The number of nitrogens with one attached hydrogen (secondary N) is 3. The molecule has 44 heavy (non-hydrogen) atoms. The van der Waals surface area contributed by atoms with Crippen molar-refractivity contribution in [3.8, 4) is 5.75 Å². The summed E-state index contributed by atoms with van der Waals surface area (Å²) in [5.41, 5.74) is 3.46. The summed E-state index contributed by atoms with van der Waals surface area (Å²) in [6.07, 6.45) is 0.0485. The Bertz CT molecular complexity index is 1550. The fraction of sp³-hybridized carbons (Fsp3) is 0.371. The fourth-order valence-electron chi connectivity index (χ4n) is 4.54. The molecule has 0 bridgehead atoms. The highest BCUT2D eigenvalue weighted by molar-refractivity contribution is 6.74. The zero-order chi connectivity index (χ0) is 31.6. The van der Waals surface area contributed by atoms with Gasteiger partial charge in [-0.1, -0.05) is 87.5 Å². The van der Waals surface area contributed by atoms with E-state index in [9.17, 15) is 9.59 Å². The molecule has 1 aromatic heterocycles. The Morgan fingerprint density at radius 3 is 2.18 bits per heavy atom. The molecule has 1 amide bonds. The van der Waals surface area contributed by atoms with Crippen molar-refractivity contribution in [1.82, 2.24) is 15.6 Å². The third-order valence-electron chi connectivity index (χ3n) is 8.06. The summed E-state index contributed by atoms with van der Waals surface area (Å²) in [4.78, 5) is 27.5. The van der Waals surface area contributed by atoms with Gasteiger partial charge in [0, 0.05) is 24.5 Å². The van der Waals surface area contributed by atoms with Crippen molar-refractivity contribution in [3.05, 3.63) is 112 Å². The van der Waals surface area contributed by atoms with Gasteiger partial charge < -0.3 is 29.5 Å². The smallest absolute Gasteiger partial charge is 0.407 e. The van der Waals surface area contributed by atoms with E-state index < -0.39 is 14.4 Å². The molecule has 0 saturated heterocycles. The van der Waals surface area contributed by atoms with Crippen molar-refractivity contribution in [2.75, 3.05) is 19.6 Å². The molecule has 8 nitrogen and oxygen atoms in total. The molecule has 3 aromatic carbocycles. The molecule has 9 heteroatoms. The number of fused-ring (bicyclic) bond motifs is 1. The van der Waals surface area contributed by atoms with Gasteiger partial charge in [-0.05, 0) is 59.9 Å². The molecular weight excluding hydrogens is 570 g/mol. The number of pyridine rings is 1. The van der Waals surface area contributed by atoms with Crippen LogP contribution >= 0.6 is 0 Å². The van der Waals surface area contributed by atoms with E-state index in [2.05, 4.69) is 49.5 Å². The number of aromatic amines is 1. The number of rotatable bonds is 14. The molecule has 234 valence electrons. The van der Waals surface area contributed by atoms with E-state index >= 15 is 0 Å². The highest BCUT2D eigenvalue weighted by Crippen LogP contribution is 2.41. The normalized spacial score (nSPS) is 12.6. The molecular formula is C35H45N3O5Si. The summed E-state index contributed by atoms with van der Waals surface area (Å²) in [5.74, 6) is 0.620. The first-order chi connectivity index (χ1) is 21.0. The molecule has 0 fully saturated rings. The molecule has 4 aromatic rings. The maximum Gasteiger partial charge on any atom is 0.407 e.